The van der Waals surface area contributed by atoms with Gasteiger partial charge in [0.1, 0.15) is 5.00 Å². The second-order valence-electron chi connectivity index (χ2n) is 7.06. The van der Waals surface area contributed by atoms with Gasteiger partial charge in [0.2, 0.25) is 5.91 Å². The minimum Gasteiger partial charge on any atom is -0.452 e. The van der Waals surface area contributed by atoms with E-state index >= 15 is 0 Å². The van der Waals surface area contributed by atoms with Crippen LogP contribution in [0.3, 0.4) is 0 Å². The van der Waals surface area contributed by atoms with Crippen molar-refractivity contribution >= 4 is 34.1 Å². The van der Waals surface area contributed by atoms with Crippen molar-refractivity contribution in [2.24, 2.45) is 5.92 Å². The van der Waals surface area contributed by atoms with Gasteiger partial charge in [-0.15, -0.1) is 11.3 Å². The van der Waals surface area contributed by atoms with Crippen molar-refractivity contribution in [1.29, 1.82) is 0 Å². The highest BCUT2D eigenvalue weighted by Crippen LogP contribution is 2.36. The first-order chi connectivity index (χ1) is 13.4. The van der Waals surface area contributed by atoms with Crippen molar-refractivity contribution in [2.45, 2.75) is 33.2 Å². The summed E-state index contributed by atoms with van der Waals surface area (Å²) in [7, 11) is 1.67. The first-order valence-corrected chi connectivity index (χ1v) is 10.0. The summed E-state index contributed by atoms with van der Waals surface area (Å²) >= 11 is 1.36. The maximum Gasteiger partial charge on any atom is 0.341 e. The van der Waals surface area contributed by atoms with E-state index in [1.165, 1.54) is 16.2 Å². The Morgan fingerprint density at radius 2 is 1.86 bits per heavy atom. The first-order valence-electron chi connectivity index (χ1n) is 9.22. The number of amides is 2. The number of esters is 1. The summed E-state index contributed by atoms with van der Waals surface area (Å²) in [5.74, 6) is -0.895. The first kappa shape index (κ1) is 20.1. The molecule has 0 unspecified atom stereocenters. The van der Waals surface area contributed by atoms with Crippen molar-refractivity contribution < 1.29 is 19.1 Å². The molecule has 2 amide bonds. The second-order valence-corrected chi connectivity index (χ2v) is 8.29. The zero-order valence-corrected chi connectivity index (χ0v) is 17.1. The molecule has 0 radical (unpaired) electrons. The highest BCUT2D eigenvalue weighted by molar-refractivity contribution is 7.16. The Labute approximate surface area is 168 Å². The van der Waals surface area contributed by atoms with E-state index in [1.54, 1.807) is 7.05 Å². The van der Waals surface area contributed by atoms with E-state index < -0.39 is 5.97 Å². The van der Waals surface area contributed by atoms with Gasteiger partial charge in [-0.1, -0.05) is 30.3 Å². The Morgan fingerprint density at radius 1 is 1.18 bits per heavy atom. The lowest BCUT2D eigenvalue weighted by Gasteiger charge is -2.17. The number of aryl methyl sites for hydroxylation is 1. The molecule has 0 bridgehead atoms. The van der Waals surface area contributed by atoms with Crippen molar-refractivity contribution in [3.8, 4) is 0 Å². The normalized spacial score (nSPS) is 13.1. The third kappa shape index (κ3) is 4.78. The number of hydrogen-bond acceptors (Lipinski definition) is 5. The molecule has 0 saturated heterocycles. The van der Waals surface area contributed by atoms with Gasteiger partial charge >= 0.3 is 5.97 Å². The van der Waals surface area contributed by atoms with Crippen molar-refractivity contribution in [2.75, 3.05) is 19.0 Å². The van der Waals surface area contributed by atoms with Crippen molar-refractivity contribution in [3.05, 3.63) is 51.9 Å². The summed E-state index contributed by atoms with van der Waals surface area (Å²) in [6, 6.07) is 9.60. The molecule has 6 nitrogen and oxygen atoms in total. The molecule has 1 saturated carbocycles. The summed E-state index contributed by atoms with van der Waals surface area (Å²) in [6.45, 7) is 3.81. The molecule has 7 heteroatoms. The Morgan fingerprint density at radius 3 is 2.50 bits per heavy atom. The Kier molecular flexibility index (Phi) is 6.14. The molecule has 2 aromatic rings. The predicted octanol–water partition coefficient (Wildman–Crippen LogP) is 3.53. The maximum atomic E-state index is 12.6. The number of carbonyl (C=O) groups is 3. The zero-order valence-electron chi connectivity index (χ0n) is 16.3. The summed E-state index contributed by atoms with van der Waals surface area (Å²) in [5.41, 5.74) is 2.11. The van der Waals surface area contributed by atoms with Gasteiger partial charge in [-0.3, -0.25) is 9.59 Å². The fraction of sp³-hybridized carbons (Fsp3) is 0.381. The van der Waals surface area contributed by atoms with Gasteiger partial charge < -0.3 is 15.0 Å². The van der Waals surface area contributed by atoms with Gasteiger partial charge in [-0.05, 0) is 37.8 Å². The van der Waals surface area contributed by atoms with Crippen LogP contribution in [0.4, 0.5) is 5.00 Å². The fourth-order valence-electron chi connectivity index (χ4n) is 2.78. The number of anilines is 1. The number of ether oxygens (including phenoxy) is 1. The van der Waals surface area contributed by atoms with Crippen LogP contribution >= 0.6 is 11.3 Å². The summed E-state index contributed by atoms with van der Waals surface area (Å²) < 4.78 is 5.27. The largest absolute Gasteiger partial charge is 0.452 e. The maximum absolute atomic E-state index is 12.6. The molecule has 148 valence electrons. The SMILES string of the molecule is Cc1sc(NC(=O)C2CC2)c(C(=O)OCC(=O)N(C)Cc2ccccc2)c1C. The van der Waals surface area contributed by atoms with E-state index in [1.807, 2.05) is 44.2 Å². The highest BCUT2D eigenvalue weighted by atomic mass is 32.1. The number of rotatable bonds is 7. The van der Waals surface area contributed by atoms with Crippen LogP contribution in [-0.2, 0) is 20.9 Å². The third-order valence-electron chi connectivity index (χ3n) is 4.79. The molecule has 0 spiro atoms. The Hall–Kier alpha value is -2.67. The van der Waals surface area contributed by atoms with Gasteiger partial charge in [-0.2, -0.15) is 0 Å². The van der Waals surface area contributed by atoms with Crippen LogP contribution in [0.5, 0.6) is 0 Å². The molecule has 28 heavy (non-hydrogen) atoms. The van der Waals surface area contributed by atoms with E-state index in [0.717, 1.165) is 28.8 Å². The van der Waals surface area contributed by atoms with Crippen LogP contribution in [0.2, 0.25) is 0 Å². The predicted molar refractivity (Wildman–Crippen MR) is 108 cm³/mol. The third-order valence-corrected chi connectivity index (χ3v) is 5.91. The number of nitrogens with zero attached hydrogens (tertiary/aromatic N) is 1. The van der Waals surface area contributed by atoms with Gasteiger partial charge in [0.05, 0.1) is 5.56 Å². The summed E-state index contributed by atoms with van der Waals surface area (Å²) in [4.78, 5) is 39.5. The lowest BCUT2D eigenvalue weighted by Crippen LogP contribution is -2.31. The average Bonchev–Trinajstić information content (AvgIpc) is 3.48. The van der Waals surface area contributed by atoms with E-state index in [2.05, 4.69) is 5.32 Å². The van der Waals surface area contributed by atoms with Gasteiger partial charge in [0.25, 0.3) is 5.91 Å². The number of benzene rings is 1. The van der Waals surface area contributed by atoms with E-state index in [0.29, 0.717) is 17.1 Å². The number of nitrogens with one attached hydrogen (secondary N) is 1. The van der Waals surface area contributed by atoms with E-state index in [9.17, 15) is 14.4 Å². The van der Waals surface area contributed by atoms with Crippen LogP contribution in [0.15, 0.2) is 30.3 Å². The minimum atomic E-state index is -0.589. The topological polar surface area (TPSA) is 75.7 Å². The van der Waals surface area contributed by atoms with Gasteiger partial charge in [0.15, 0.2) is 6.61 Å². The monoisotopic (exact) mass is 400 g/mol. The molecule has 1 aromatic carbocycles. The molecule has 1 heterocycles. The highest BCUT2D eigenvalue weighted by Gasteiger charge is 2.32. The minimum absolute atomic E-state index is 0.0415. The number of likely N-dealkylation sites (N-methyl/N-ethyl adjacent to an activating group) is 1. The Balaban J connectivity index is 1.61. The molecule has 1 aliphatic carbocycles. The number of carbonyl (C=O) groups excluding carboxylic acids is 3. The lowest BCUT2D eigenvalue weighted by molar-refractivity contribution is -0.133. The second kappa shape index (κ2) is 8.56. The summed E-state index contributed by atoms with van der Waals surface area (Å²) in [5, 5.41) is 3.34. The summed E-state index contributed by atoms with van der Waals surface area (Å²) in [6.07, 6.45) is 1.77. The molecule has 1 aromatic heterocycles. The molecular weight excluding hydrogens is 376 g/mol. The fourth-order valence-corrected chi connectivity index (χ4v) is 3.83. The molecule has 3 rings (SSSR count). The van der Waals surface area contributed by atoms with Crippen LogP contribution in [0.1, 0.15) is 39.2 Å². The molecule has 1 N–H and O–H groups in total. The van der Waals surface area contributed by atoms with Crippen LogP contribution < -0.4 is 5.32 Å². The molecule has 1 aliphatic rings. The number of hydrogen-bond donors (Lipinski definition) is 1. The smallest absolute Gasteiger partial charge is 0.341 e. The van der Waals surface area contributed by atoms with Crippen molar-refractivity contribution in [1.82, 2.24) is 4.90 Å². The zero-order chi connectivity index (χ0) is 20.3. The Bertz CT molecular complexity index is 887. The van der Waals surface area contributed by atoms with Gasteiger partial charge in [-0.25, -0.2) is 4.79 Å². The molecule has 0 aliphatic heterocycles. The van der Waals surface area contributed by atoms with Crippen LogP contribution in [-0.4, -0.2) is 36.3 Å². The quantitative estimate of drug-likeness (QED) is 0.722. The molecular formula is C21H24N2O4S. The van der Waals surface area contributed by atoms with Crippen LogP contribution in [0, 0.1) is 19.8 Å². The van der Waals surface area contributed by atoms with Crippen molar-refractivity contribution in [3.63, 3.8) is 0 Å². The van der Waals surface area contributed by atoms with E-state index in [4.69, 9.17) is 4.74 Å². The lowest BCUT2D eigenvalue weighted by atomic mass is 10.1. The van der Waals surface area contributed by atoms with Gasteiger partial charge in [0, 0.05) is 24.4 Å². The van der Waals surface area contributed by atoms with E-state index in [-0.39, 0.29) is 24.3 Å². The molecule has 1 fully saturated rings. The molecule has 0 atom stereocenters. The average molecular weight is 401 g/mol. The van der Waals surface area contributed by atoms with Crippen LogP contribution in [0.25, 0.3) is 0 Å². The standard InChI is InChI=1S/C21H24N2O4S/c1-13-14(2)28-20(22-19(25)16-9-10-16)18(13)21(26)27-12-17(24)23(3)11-15-7-5-4-6-8-15/h4-8,16H,9-12H2,1-3H3,(H,22,25). The number of thiophene rings is 1.